The molecule has 8 nitrogen and oxygen atoms in total. The van der Waals surface area contributed by atoms with Crippen LogP contribution in [0.25, 0.3) is 11.0 Å². The third kappa shape index (κ3) is 4.57. The lowest BCUT2D eigenvalue weighted by molar-refractivity contribution is -0.130. The van der Waals surface area contributed by atoms with Gasteiger partial charge in [-0.15, -0.1) is 0 Å². The second-order valence-corrected chi connectivity index (χ2v) is 7.11. The second kappa shape index (κ2) is 8.39. The van der Waals surface area contributed by atoms with E-state index >= 15 is 0 Å². The molecule has 0 unspecified atom stereocenters. The summed E-state index contributed by atoms with van der Waals surface area (Å²) in [5, 5.41) is 2.99. The minimum atomic E-state index is -0.0487. The fourth-order valence-corrected chi connectivity index (χ4v) is 3.25. The molecule has 3 rings (SSSR count). The zero-order valence-corrected chi connectivity index (χ0v) is 16.3. The number of hydrogen-bond acceptors (Lipinski definition) is 4. The van der Waals surface area contributed by atoms with Crippen LogP contribution in [-0.2, 0) is 18.3 Å². The zero-order chi connectivity index (χ0) is 19.4. The van der Waals surface area contributed by atoms with E-state index in [2.05, 4.69) is 19.8 Å². The van der Waals surface area contributed by atoms with E-state index in [9.17, 15) is 9.59 Å². The maximum atomic E-state index is 12.4. The van der Waals surface area contributed by atoms with Crippen molar-refractivity contribution in [1.29, 1.82) is 0 Å². The van der Waals surface area contributed by atoms with Gasteiger partial charge in [0.2, 0.25) is 5.91 Å². The number of para-hydroxylation sites is 2. The van der Waals surface area contributed by atoms with E-state index in [4.69, 9.17) is 0 Å². The molecule has 0 spiro atoms. The molecule has 2 heterocycles. The monoisotopic (exact) mass is 372 g/mol. The average molecular weight is 372 g/mol. The van der Waals surface area contributed by atoms with Crippen molar-refractivity contribution in [3.05, 3.63) is 30.1 Å². The molecule has 146 valence electrons. The molecule has 27 heavy (non-hydrogen) atoms. The number of piperazine rings is 1. The van der Waals surface area contributed by atoms with Gasteiger partial charge in [-0.25, -0.2) is 9.78 Å². The number of imidazole rings is 1. The summed E-state index contributed by atoms with van der Waals surface area (Å²) in [4.78, 5) is 34.3. The summed E-state index contributed by atoms with van der Waals surface area (Å²) in [5.41, 5.74) is 2.08. The van der Waals surface area contributed by atoms with Gasteiger partial charge in [0.1, 0.15) is 5.82 Å². The summed E-state index contributed by atoms with van der Waals surface area (Å²) in [6.45, 7) is 3.68. The molecule has 3 amide bonds. The highest BCUT2D eigenvalue weighted by molar-refractivity contribution is 5.78. The smallest absolute Gasteiger partial charge is 0.317 e. The Morgan fingerprint density at radius 2 is 1.85 bits per heavy atom. The molecular weight excluding hydrogens is 344 g/mol. The van der Waals surface area contributed by atoms with Crippen LogP contribution in [0.5, 0.6) is 0 Å². The molecule has 0 atom stereocenters. The van der Waals surface area contributed by atoms with E-state index in [-0.39, 0.29) is 11.9 Å². The Morgan fingerprint density at radius 3 is 2.52 bits per heavy atom. The van der Waals surface area contributed by atoms with E-state index < -0.39 is 0 Å². The Balaban J connectivity index is 1.43. The minimum absolute atomic E-state index is 0.0487. The summed E-state index contributed by atoms with van der Waals surface area (Å²) in [6, 6.07) is 7.98. The molecule has 0 saturated carbocycles. The van der Waals surface area contributed by atoms with Crippen LogP contribution in [0.15, 0.2) is 24.3 Å². The van der Waals surface area contributed by atoms with Crippen LogP contribution in [0, 0.1) is 0 Å². The predicted octanol–water partition coefficient (Wildman–Crippen LogP) is 0.531. The number of benzene rings is 1. The number of aromatic nitrogens is 2. The van der Waals surface area contributed by atoms with Gasteiger partial charge in [0, 0.05) is 60.3 Å². The molecule has 1 aromatic heterocycles. The lowest BCUT2D eigenvalue weighted by Gasteiger charge is -2.34. The number of fused-ring (bicyclic) bond motifs is 1. The SMILES string of the molecule is CN(C)C(=O)CN1CCN(C(=O)NCCc2nc3ccccc3n2C)CC1. The lowest BCUT2D eigenvalue weighted by atomic mass is 10.3. The molecule has 1 fully saturated rings. The fourth-order valence-electron chi connectivity index (χ4n) is 3.25. The molecule has 0 bridgehead atoms. The van der Waals surface area contributed by atoms with Crippen molar-refractivity contribution in [3.8, 4) is 0 Å². The maximum Gasteiger partial charge on any atom is 0.317 e. The first-order valence-electron chi connectivity index (χ1n) is 9.31. The Bertz CT molecular complexity index is 808. The highest BCUT2D eigenvalue weighted by Gasteiger charge is 2.22. The van der Waals surface area contributed by atoms with Crippen molar-refractivity contribution < 1.29 is 9.59 Å². The third-order valence-corrected chi connectivity index (χ3v) is 5.02. The number of rotatable bonds is 5. The molecule has 0 aliphatic carbocycles. The summed E-state index contributed by atoms with van der Waals surface area (Å²) >= 11 is 0. The summed E-state index contributed by atoms with van der Waals surface area (Å²) in [6.07, 6.45) is 0.689. The summed E-state index contributed by atoms with van der Waals surface area (Å²) in [5.74, 6) is 1.05. The van der Waals surface area contributed by atoms with Gasteiger partial charge in [0.25, 0.3) is 0 Å². The van der Waals surface area contributed by atoms with E-state index in [0.29, 0.717) is 32.6 Å². The average Bonchev–Trinajstić information content (AvgIpc) is 2.98. The van der Waals surface area contributed by atoms with Crippen molar-refractivity contribution in [1.82, 2.24) is 29.6 Å². The molecule has 2 aromatic rings. The molecule has 1 aromatic carbocycles. The van der Waals surface area contributed by atoms with Crippen LogP contribution in [0.2, 0.25) is 0 Å². The number of carbonyl (C=O) groups is 2. The number of urea groups is 1. The Hall–Kier alpha value is -2.61. The number of carbonyl (C=O) groups excluding carboxylic acids is 2. The first-order chi connectivity index (χ1) is 13.0. The van der Waals surface area contributed by atoms with Crippen LogP contribution in [0.3, 0.4) is 0 Å². The number of nitrogens with zero attached hydrogens (tertiary/aromatic N) is 5. The minimum Gasteiger partial charge on any atom is -0.348 e. The fraction of sp³-hybridized carbons (Fsp3) is 0.526. The number of aryl methyl sites for hydroxylation is 1. The Labute approximate surface area is 159 Å². The van der Waals surface area contributed by atoms with E-state index in [0.717, 1.165) is 29.9 Å². The Morgan fingerprint density at radius 1 is 1.15 bits per heavy atom. The van der Waals surface area contributed by atoms with Crippen molar-refractivity contribution in [3.63, 3.8) is 0 Å². The first kappa shape index (κ1) is 19.2. The van der Waals surface area contributed by atoms with E-state index in [1.165, 1.54) is 0 Å². The maximum absolute atomic E-state index is 12.4. The zero-order valence-electron chi connectivity index (χ0n) is 16.3. The topological polar surface area (TPSA) is 73.7 Å². The Kier molecular flexibility index (Phi) is 5.95. The van der Waals surface area contributed by atoms with Gasteiger partial charge in [0.05, 0.1) is 17.6 Å². The van der Waals surface area contributed by atoms with Crippen LogP contribution in [0.1, 0.15) is 5.82 Å². The molecule has 8 heteroatoms. The summed E-state index contributed by atoms with van der Waals surface area (Å²) in [7, 11) is 5.52. The van der Waals surface area contributed by atoms with Crippen molar-refractivity contribution in [2.24, 2.45) is 7.05 Å². The summed E-state index contributed by atoms with van der Waals surface area (Å²) < 4.78 is 2.07. The van der Waals surface area contributed by atoms with Gasteiger partial charge in [-0.05, 0) is 12.1 Å². The van der Waals surface area contributed by atoms with Crippen molar-refractivity contribution in [2.75, 3.05) is 53.4 Å². The first-order valence-corrected chi connectivity index (χ1v) is 9.31. The van der Waals surface area contributed by atoms with Gasteiger partial charge in [-0.2, -0.15) is 0 Å². The van der Waals surface area contributed by atoms with Crippen molar-refractivity contribution >= 4 is 23.0 Å². The number of amides is 3. The highest BCUT2D eigenvalue weighted by Crippen LogP contribution is 2.14. The number of likely N-dealkylation sites (N-methyl/N-ethyl adjacent to an activating group) is 1. The molecule has 1 N–H and O–H groups in total. The van der Waals surface area contributed by atoms with Crippen LogP contribution in [-0.4, -0.2) is 89.6 Å². The van der Waals surface area contributed by atoms with Gasteiger partial charge in [-0.1, -0.05) is 12.1 Å². The highest BCUT2D eigenvalue weighted by atomic mass is 16.2. The number of hydrogen-bond donors (Lipinski definition) is 1. The second-order valence-electron chi connectivity index (χ2n) is 7.11. The quantitative estimate of drug-likeness (QED) is 0.831. The van der Waals surface area contributed by atoms with Gasteiger partial charge in [-0.3, -0.25) is 9.69 Å². The molecule has 0 radical (unpaired) electrons. The molecular formula is C19H28N6O2. The molecule has 1 aliphatic rings. The van der Waals surface area contributed by atoms with Gasteiger partial charge >= 0.3 is 6.03 Å². The number of nitrogens with one attached hydrogen (secondary N) is 1. The lowest BCUT2D eigenvalue weighted by Crippen LogP contribution is -2.53. The standard InChI is InChI=1S/C19H28N6O2/c1-22(2)18(26)14-24-10-12-25(13-11-24)19(27)20-9-8-17-21-15-6-4-5-7-16(15)23(17)3/h4-7H,8-14H2,1-3H3,(H,20,27). The predicted molar refractivity (Wildman–Crippen MR) is 105 cm³/mol. The molecule has 1 saturated heterocycles. The van der Waals surface area contributed by atoms with Crippen LogP contribution >= 0.6 is 0 Å². The van der Waals surface area contributed by atoms with E-state index in [1.54, 1.807) is 19.0 Å². The largest absolute Gasteiger partial charge is 0.348 e. The normalized spacial score (nSPS) is 15.1. The van der Waals surface area contributed by atoms with E-state index in [1.807, 2.05) is 36.2 Å². The third-order valence-electron chi connectivity index (χ3n) is 5.02. The van der Waals surface area contributed by atoms with Gasteiger partial charge < -0.3 is 19.7 Å². The van der Waals surface area contributed by atoms with Crippen LogP contribution < -0.4 is 5.32 Å². The van der Waals surface area contributed by atoms with Crippen molar-refractivity contribution in [2.45, 2.75) is 6.42 Å². The van der Waals surface area contributed by atoms with Gasteiger partial charge in [0.15, 0.2) is 0 Å². The molecule has 1 aliphatic heterocycles. The van der Waals surface area contributed by atoms with Crippen LogP contribution in [0.4, 0.5) is 4.79 Å².